The van der Waals surface area contributed by atoms with E-state index in [4.69, 9.17) is 0 Å². The lowest BCUT2D eigenvalue weighted by atomic mass is 10.0. The summed E-state index contributed by atoms with van der Waals surface area (Å²) in [7, 11) is 0. The molecule has 0 radical (unpaired) electrons. The topological polar surface area (TPSA) is 32.3 Å². The van der Waals surface area contributed by atoms with E-state index in [0.29, 0.717) is 0 Å². The van der Waals surface area contributed by atoms with Crippen LogP contribution in [0.25, 0.3) is 10.8 Å². The van der Waals surface area contributed by atoms with Gasteiger partial charge in [0.15, 0.2) is 0 Å². The van der Waals surface area contributed by atoms with Gasteiger partial charge < -0.3 is 10.2 Å². The number of likely N-dealkylation sites (tertiary alicyclic amines) is 1. The molecule has 1 aliphatic rings. The molecule has 98 valence electrons. The molecule has 1 aliphatic heterocycles. The quantitative estimate of drug-likeness (QED) is 0.876. The van der Waals surface area contributed by atoms with Crippen LogP contribution in [0.4, 0.5) is 4.79 Å². The van der Waals surface area contributed by atoms with Crippen LogP contribution < -0.4 is 5.32 Å². The molecule has 0 spiro atoms. The molecule has 0 aliphatic carbocycles. The van der Waals surface area contributed by atoms with Crippen LogP contribution in [0, 0.1) is 0 Å². The van der Waals surface area contributed by atoms with Gasteiger partial charge in [-0.1, -0.05) is 36.4 Å². The van der Waals surface area contributed by atoms with Gasteiger partial charge in [0.05, 0.1) is 6.04 Å². The first-order chi connectivity index (χ1) is 9.24. The molecule has 0 bridgehead atoms. The fraction of sp³-hybridized carbons (Fsp3) is 0.312. The number of urea groups is 1. The highest BCUT2D eigenvalue weighted by Gasteiger charge is 2.21. The third kappa shape index (κ3) is 2.41. The molecule has 3 heteroatoms. The molecule has 1 N–H and O–H groups in total. The van der Waals surface area contributed by atoms with Crippen LogP contribution in [-0.4, -0.2) is 24.0 Å². The predicted molar refractivity (Wildman–Crippen MR) is 77.1 cm³/mol. The molecular formula is C16H18N2O. The van der Waals surface area contributed by atoms with E-state index in [1.807, 2.05) is 24.0 Å². The first-order valence-corrected chi connectivity index (χ1v) is 6.78. The Bertz CT molecular complexity index is 604. The van der Waals surface area contributed by atoms with E-state index >= 15 is 0 Å². The highest BCUT2D eigenvalue weighted by atomic mass is 16.2. The van der Waals surface area contributed by atoms with Crippen molar-refractivity contribution in [2.75, 3.05) is 13.1 Å². The normalized spacial score (nSPS) is 15.9. The van der Waals surface area contributed by atoms with Crippen molar-refractivity contribution in [2.45, 2.75) is 19.4 Å². The van der Waals surface area contributed by atoms with Crippen LogP contribution in [0.3, 0.4) is 0 Å². The van der Waals surface area contributed by atoms with Crippen LogP contribution >= 0.6 is 0 Å². The third-order valence-electron chi connectivity index (χ3n) is 3.76. The van der Waals surface area contributed by atoms with Gasteiger partial charge in [-0.05, 0) is 35.7 Å². The van der Waals surface area contributed by atoms with Crippen molar-refractivity contribution in [2.24, 2.45) is 0 Å². The molecule has 1 atom stereocenters. The van der Waals surface area contributed by atoms with Gasteiger partial charge in [-0.25, -0.2) is 4.79 Å². The van der Waals surface area contributed by atoms with E-state index < -0.39 is 0 Å². The largest absolute Gasteiger partial charge is 0.331 e. The van der Waals surface area contributed by atoms with E-state index in [0.717, 1.165) is 25.1 Å². The lowest BCUT2D eigenvalue weighted by Gasteiger charge is -2.32. The second-order valence-electron chi connectivity index (χ2n) is 5.12. The zero-order valence-electron chi connectivity index (χ0n) is 11.1. The lowest BCUT2D eigenvalue weighted by molar-refractivity contribution is 0.164. The number of carbonyl (C=O) groups excluding carboxylic acids is 1. The average molecular weight is 254 g/mol. The van der Waals surface area contributed by atoms with Crippen molar-refractivity contribution in [3.63, 3.8) is 0 Å². The first-order valence-electron chi connectivity index (χ1n) is 6.78. The summed E-state index contributed by atoms with van der Waals surface area (Å²) in [6.07, 6.45) is 1.12. The number of benzene rings is 2. The van der Waals surface area contributed by atoms with Gasteiger partial charge in [-0.2, -0.15) is 0 Å². The van der Waals surface area contributed by atoms with Crippen LogP contribution in [-0.2, 0) is 0 Å². The summed E-state index contributed by atoms with van der Waals surface area (Å²) in [4.78, 5) is 13.7. The van der Waals surface area contributed by atoms with Crippen molar-refractivity contribution in [3.05, 3.63) is 48.0 Å². The Kier molecular flexibility index (Phi) is 3.11. The number of carbonyl (C=O) groups is 1. The standard InChI is InChI=1S/C16H18N2O/c1-12(17-16(19)18-9-4-10-18)14-8-7-13-5-2-3-6-15(13)11-14/h2-3,5-8,11-12H,4,9-10H2,1H3,(H,17,19)/t12-/m1/s1. The minimum absolute atomic E-state index is 0.0395. The van der Waals surface area contributed by atoms with Gasteiger partial charge >= 0.3 is 6.03 Å². The summed E-state index contributed by atoms with van der Waals surface area (Å²) >= 11 is 0. The monoisotopic (exact) mass is 254 g/mol. The number of nitrogens with one attached hydrogen (secondary N) is 1. The summed E-state index contributed by atoms with van der Waals surface area (Å²) in [5, 5.41) is 5.49. The van der Waals surface area contributed by atoms with Crippen molar-refractivity contribution in [1.29, 1.82) is 0 Å². The van der Waals surface area contributed by atoms with Crippen LogP contribution in [0.2, 0.25) is 0 Å². The second-order valence-corrected chi connectivity index (χ2v) is 5.12. The Hall–Kier alpha value is -2.03. The molecule has 3 rings (SSSR count). The summed E-state index contributed by atoms with van der Waals surface area (Å²) in [5.74, 6) is 0. The highest BCUT2D eigenvalue weighted by Crippen LogP contribution is 2.20. The van der Waals surface area contributed by atoms with E-state index in [-0.39, 0.29) is 12.1 Å². The third-order valence-corrected chi connectivity index (χ3v) is 3.76. The van der Waals surface area contributed by atoms with E-state index in [2.05, 4.69) is 35.6 Å². The maximum atomic E-state index is 11.9. The number of nitrogens with zero attached hydrogens (tertiary/aromatic N) is 1. The van der Waals surface area contributed by atoms with E-state index in [9.17, 15) is 4.79 Å². The fourth-order valence-corrected chi connectivity index (χ4v) is 2.36. The number of hydrogen-bond donors (Lipinski definition) is 1. The minimum atomic E-state index is 0.0395. The molecule has 1 fully saturated rings. The summed E-state index contributed by atoms with van der Waals surface area (Å²) in [6, 6.07) is 14.7. The van der Waals surface area contributed by atoms with Crippen LogP contribution in [0.5, 0.6) is 0 Å². The van der Waals surface area contributed by atoms with E-state index in [1.165, 1.54) is 10.8 Å². The molecule has 1 heterocycles. The maximum absolute atomic E-state index is 11.9. The zero-order chi connectivity index (χ0) is 13.2. The lowest BCUT2D eigenvalue weighted by Crippen LogP contribution is -2.48. The SMILES string of the molecule is C[C@@H](NC(=O)N1CCC1)c1ccc2ccccc2c1. The number of amides is 2. The van der Waals surface area contributed by atoms with Gasteiger partial charge in [-0.15, -0.1) is 0 Å². The minimum Gasteiger partial charge on any atom is -0.331 e. The Labute approximate surface area is 113 Å². The average Bonchev–Trinajstić information content (AvgIpc) is 2.36. The van der Waals surface area contributed by atoms with Crippen molar-refractivity contribution >= 4 is 16.8 Å². The molecule has 2 amide bonds. The molecule has 1 saturated heterocycles. The molecule has 2 aromatic carbocycles. The maximum Gasteiger partial charge on any atom is 0.317 e. The molecule has 0 aromatic heterocycles. The summed E-state index contributed by atoms with van der Waals surface area (Å²) < 4.78 is 0. The summed E-state index contributed by atoms with van der Waals surface area (Å²) in [5.41, 5.74) is 1.15. The molecule has 3 nitrogen and oxygen atoms in total. The van der Waals surface area contributed by atoms with Gasteiger partial charge in [0.1, 0.15) is 0 Å². The fourth-order valence-electron chi connectivity index (χ4n) is 2.36. The van der Waals surface area contributed by atoms with Crippen molar-refractivity contribution < 1.29 is 4.79 Å². The second kappa shape index (κ2) is 4.92. The zero-order valence-corrected chi connectivity index (χ0v) is 11.1. The molecular weight excluding hydrogens is 236 g/mol. The predicted octanol–water partition coefficient (Wildman–Crippen LogP) is 3.32. The van der Waals surface area contributed by atoms with Crippen LogP contribution in [0.1, 0.15) is 24.9 Å². The number of rotatable bonds is 2. The number of hydrogen-bond acceptors (Lipinski definition) is 1. The van der Waals surface area contributed by atoms with E-state index in [1.54, 1.807) is 0 Å². The van der Waals surface area contributed by atoms with Gasteiger partial charge in [0.25, 0.3) is 0 Å². The Morgan fingerprint density at radius 1 is 1.16 bits per heavy atom. The Balaban J connectivity index is 1.77. The first kappa shape index (κ1) is 12.0. The van der Waals surface area contributed by atoms with Gasteiger partial charge in [-0.3, -0.25) is 0 Å². The van der Waals surface area contributed by atoms with Crippen molar-refractivity contribution in [3.8, 4) is 0 Å². The Morgan fingerprint density at radius 2 is 1.89 bits per heavy atom. The molecule has 2 aromatic rings. The van der Waals surface area contributed by atoms with Crippen molar-refractivity contribution in [1.82, 2.24) is 10.2 Å². The van der Waals surface area contributed by atoms with Gasteiger partial charge in [0.2, 0.25) is 0 Å². The molecule has 0 saturated carbocycles. The Morgan fingerprint density at radius 3 is 2.58 bits per heavy atom. The molecule has 0 unspecified atom stereocenters. The number of fused-ring (bicyclic) bond motifs is 1. The van der Waals surface area contributed by atoms with Gasteiger partial charge in [0, 0.05) is 13.1 Å². The van der Waals surface area contributed by atoms with Crippen LogP contribution in [0.15, 0.2) is 42.5 Å². The smallest absolute Gasteiger partial charge is 0.317 e. The summed E-state index contributed by atoms with van der Waals surface area (Å²) in [6.45, 7) is 3.80. The molecule has 19 heavy (non-hydrogen) atoms. The highest BCUT2D eigenvalue weighted by molar-refractivity contribution is 5.83.